The molecule has 0 bridgehead atoms. The zero-order valence-electron chi connectivity index (χ0n) is 19.8. The number of aromatic hydroxyl groups is 1. The number of methoxy groups -OCH3 is 1. The Hall–Kier alpha value is -4.30. The Labute approximate surface area is 213 Å². The van der Waals surface area contributed by atoms with E-state index < -0.39 is 0 Å². The number of rotatable bonds is 8. The van der Waals surface area contributed by atoms with Crippen LogP contribution in [0.1, 0.15) is 11.3 Å². The molecule has 182 valence electrons. The number of anilines is 1. The van der Waals surface area contributed by atoms with E-state index in [0.29, 0.717) is 29.1 Å². The first-order valence-corrected chi connectivity index (χ1v) is 12.0. The number of H-pyrrole nitrogens is 1. The van der Waals surface area contributed by atoms with E-state index in [-0.39, 0.29) is 18.2 Å². The van der Waals surface area contributed by atoms with E-state index >= 15 is 0 Å². The third kappa shape index (κ3) is 4.63. The van der Waals surface area contributed by atoms with Crippen LogP contribution in [0, 0.1) is 4.77 Å². The Morgan fingerprint density at radius 2 is 1.78 bits per heavy atom. The molecule has 2 heterocycles. The number of imidazole rings is 1. The summed E-state index contributed by atoms with van der Waals surface area (Å²) in [5, 5.41) is 15.2. The van der Waals surface area contributed by atoms with Gasteiger partial charge >= 0.3 is 0 Å². The van der Waals surface area contributed by atoms with Gasteiger partial charge in [0.25, 0.3) is 0 Å². The van der Waals surface area contributed by atoms with Crippen molar-refractivity contribution in [2.75, 3.05) is 12.4 Å². The van der Waals surface area contributed by atoms with E-state index in [2.05, 4.69) is 10.3 Å². The fraction of sp³-hybridized carbons (Fsp3) is 0.143. The fourth-order valence-corrected chi connectivity index (χ4v) is 4.79. The molecule has 36 heavy (non-hydrogen) atoms. The zero-order chi connectivity index (χ0) is 25.1. The molecule has 5 aromatic rings. The summed E-state index contributed by atoms with van der Waals surface area (Å²) in [4.78, 5) is 16.2. The third-order valence-corrected chi connectivity index (χ3v) is 6.60. The fourth-order valence-electron chi connectivity index (χ4n) is 4.39. The van der Waals surface area contributed by atoms with Crippen LogP contribution in [0.3, 0.4) is 0 Å². The Kier molecular flexibility index (Phi) is 6.60. The highest BCUT2D eigenvalue weighted by Crippen LogP contribution is 2.28. The van der Waals surface area contributed by atoms with Crippen molar-refractivity contribution >= 4 is 34.7 Å². The molecule has 3 aromatic carbocycles. The second-order valence-electron chi connectivity index (χ2n) is 8.44. The first-order valence-electron chi connectivity index (χ1n) is 11.6. The number of para-hydroxylation sites is 2. The number of aromatic nitrogens is 3. The molecule has 0 fully saturated rings. The first kappa shape index (κ1) is 23.4. The highest BCUT2D eigenvalue weighted by atomic mass is 32.1. The molecule has 1 amide bonds. The number of amides is 1. The van der Waals surface area contributed by atoms with E-state index in [9.17, 15) is 9.90 Å². The molecular formula is C28H26N4O3S. The lowest BCUT2D eigenvalue weighted by Gasteiger charge is -2.09. The molecule has 0 saturated carbocycles. The van der Waals surface area contributed by atoms with Gasteiger partial charge in [-0.25, -0.2) is 0 Å². The van der Waals surface area contributed by atoms with E-state index in [0.717, 1.165) is 27.9 Å². The van der Waals surface area contributed by atoms with Crippen molar-refractivity contribution in [2.24, 2.45) is 0 Å². The van der Waals surface area contributed by atoms with E-state index in [1.165, 1.54) is 0 Å². The summed E-state index contributed by atoms with van der Waals surface area (Å²) in [6, 6.07) is 24.6. The van der Waals surface area contributed by atoms with Crippen LogP contribution in [0.2, 0.25) is 0 Å². The van der Waals surface area contributed by atoms with Gasteiger partial charge in [0.2, 0.25) is 11.8 Å². The molecule has 0 radical (unpaired) electrons. The molecule has 0 unspecified atom stereocenters. The number of ether oxygens (including phenoxy) is 1. The van der Waals surface area contributed by atoms with Gasteiger partial charge in [-0.05, 0) is 66.7 Å². The van der Waals surface area contributed by atoms with Crippen LogP contribution in [0.25, 0.3) is 16.6 Å². The molecule has 8 heteroatoms. The largest absolute Gasteiger partial charge is 0.497 e. The SMILES string of the molecule is COc1ccc2[nH]cc(CCn3c(CC(=O)Nc4ccccc4)c(O)n(-c4ccccc4)c3=S)c2c1. The Bertz CT molecular complexity index is 1570. The minimum absolute atomic E-state index is 0.0219. The lowest BCUT2D eigenvalue weighted by molar-refractivity contribution is -0.115. The van der Waals surface area contributed by atoms with Gasteiger partial charge in [0, 0.05) is 29.3 Å². The number of nitrogens with one attached hydrogen (secondary N) is 2. The number of fused-ring (bicyclic) bond motifs is 1. The van der Waals surface area contributed by atoms with Gasteiger partial charge < -0.3 is 24.7 Å². The van der Waals surface area contributed by atoms with Crippen LogP contribution >= 0.6 is 12.2 Å². The number of carbonyl (C=O) groups excluding carboxylic acids is 1. The molecule has 5 rings (SSSR count). The first-order chi connectivity index (χ1) is 17.5. The van der Waals surface area contributed by atoms with Crippen molar-refractivity contribution in [3.63, 3.8) is 0 Å². The Morgan fingerprint density at radius 3 is 2.50 bits per heavy atom. The second-order valence-corrected chi connectivity index (χ2v) is 8.81. The maximum Gasteiger partial charge on any atom is 0.230 e. The normalized spacial score (nSPS) is 11.0. The number of aromatic amines is 1. The van der Waals surface area contributed by atoms with Crippen molar-refractivity contribution in [1.29, 1.82) is 0 Å². The lowest BCUT2D eigenvalue weighted by Crippen LogP contribution is -2.17. The third-order valence-electron chi connectivity index (χ3n) is 6.20. The summed E-state index contributed by atoms with van der Waals surface area (Å²) in [7, 11) is 1.65. The number of aryl methyl sites for hydroxylation is 1. The lowest BCUT2D eigenvalue weighted by atomic mass is 10.1. The molecule has 0 spiro atoms. The second kappa shape index (κ2) is 10.1. The van der Waals surface area contributed by atoms with Crippen LogP contribution in [0.5, 0.6) is 11.6 Å². The molecule has 2 aromatic heterocycles. The number of benzene rings is 3. The summed E-state index contributed by atoms with van der Waals surface area (Å²) < 4.78 is 9.28. The predicted octanol–water partition coefficient (Wildman–Crippen LogP) is 5.63. The van der Waals surface area contributed by atoms with E-state index in [1.54, 1.807) is 11.7 Å². The van der Waals surface area contributed by atoms with E-state index in [4.69, 9.17) is 17.0 Å². The van der Waals surface area contributed by atoms with E-state index in [1.807, 2.05) is 89.6 Å². The van der Waals surface area contributed by atoms with Gasteiger partial charge in [0.15, 0.2) is 4.77 Å². The number of hydrogen-bond donors (Lipinski definition) is 3. The molecule has 3 N–H and O–H groups in total. The van der Waals surface area contributed by atoms with Crippen LogP contribution < -0.4 is 10.1 Å². The molecule has 0 aliphatic heterocycles. The van der Waals surface area contributed by atoms with Gasteiger partial charge in [-0.15, -0.1) is 0 Å². The molecule has 0 saturated heterocycles. The molecule has 0 aliphatic rings. The van der Waals surface area contributed by atoms with Crippen molar-refractivity contribution in [3.05, 3.63) is 101 Å². The number of nitrogens with zero attached hydrogens (tertiary/aromatic N) is 2. The maximum absolute atomic E-state index is 12.9. The smallest absolute Gasteiger partial charge is 0.230 e. The molecule has 0 atom stereocenters. The Balaban J connectivity index is 1.49. The van der Waals surface area contributed by atoms with Crippen molar-refractivity contribution in [2.45, 2.75) is 19.4 Å². The summed E-state index contributed by atoms with van der Waals surface area (Å²) in [6.45, 7) is 0.490. The highest BCUT2D eigenvalue weighted by Gasteiger charge is 2.21. The average Bonchev–Trinajstić information content (AvgIpc) is 3.41. The van der Waals surface area contributed by atoms with Crippen molar-refractivity contribution < 1.29 is 14.6 Å². The summed E-state index contributed by atoms with van der Waals surface area (Å²) in [5.74, 6) is 0.517. The standard InChI is InChI=1S/C28H26N4O3S/c1-35-22-12-13-24-23(16-22)19(18-29-24)14-15-31-25(17-26(33)30-20-8-4-2-5-9-20)27(34)32(28(31)36)21-10-6-3-7-11-21/h2-13,16,18,29,34H,14-15,17H2,1H3,(H,30,33). The van der Waals surface area contributed by atoms with Gasteiger partial charge in [-0.1, -0.05) is 36.4 Å². The minimum atomic E-state index is -0.234. The predicted molar refractivity (Wildman–Crippen MR) is 144 cm³/mol. The van der Waals surface area contributed by atoms with Crippen molar-refractivity contribution in [3.8, 4) is 17.3 Å². The molecule has 7 nitrogen and oxygen atoms in total. The van der Waals surface area contributed by atoms with Crippen LogP contribution in [-0.2, 0) is 24.2 Å². The van der Waals surface area contributed by atoms with Crippen LogP contribution in [-0.4, -0.2) is 32.2 Å². The van der Waals surface area contributed by atoms with Crippen LogP contribution in [0.4, 0.5) is 5.69 Å². The van der Waals surface area contributed by atoms with Gasteiger partial charge in [0.05, 0.1) is 24.9 Å². The Morgan fingerprint density at radius 1 is 1.06 bits per heavy atom. The highest BCUT2D eigenvalue weighted by molar-refractivity contribution is 7.71. The minimum Gasteiger partial charge on any atom is -0.497 e. The average molecular weight is 499 g/mol. The van der Waals surface area contributed by atoms with Gasteiger partial charge in [-0.3, -0.25) is 9.36 Å². The zero-order valence-corrected chi connectivity index (χ0v) is 20.6. The van der Waals surface area contributed by atoms with Crippen LogP contribution in [0.15, 0.2) is 85.1 Å². The molecular weight excluding hydrogens is 472 g/mol. The summed E-state index contributed by atoms with van der Waals surface area (Å²) >= 11 is 5.80. The quantitative estimate of drug-likeness (QED) is 0.242. The number of carbonyl (C=O) groups is 1. The number of hydrogen-bond acceptors (Lipinski definition) is 4. The summed E-state index contributed by atoms with van der Waals surface area (Å²) in [6.07, 6.45) is 2.60. The van der Waals surface area contributed by atoms with Crippen molar-refractivity contribution in [1.82, 2.24) is 14.1 Å². The topological polar surface area (TPSA) is 84.2 Å². The summed E-state index contributed by atoms with van der Waals surface area (Å²) in [5.41, 5.74) is 4.01. The van der Waals surface area contributed by atoms with Gasteiger partial charge in [-0.2, -0.15) is 0 Å². The maximum atomic E-state index is 12.9. The monoisotopic (exact) mass is 498 g/mol. The molecule has 0 aliphatic carbocycles. The van der Waals surface area contributed by atoms with Gasteiger partial charge in [0.1, 0.15) is 5.75 Å².